The third-order valence-electron chi connectivity index (χ3n) is 4.17. The van der Waals surface area contributed by atoms with E-state index >= 15 is 0 Å². The zero-order valence-corrected chi connectivity index (χ0v) is 14.4. The SMILES string of the molecule is CCCCCCCC(C)(CCCC)c1nc(Cl)c(C)o1. The molecule has 0 N–H and O–H groups in total. The minimum Gasteiger partial charge on any atom is -0.444 e. The van der Waals surface area contributed by atoms with Crippen LogP contribution in [-0.2, 0) is 5.41 Å². The number of unbranched alkanes of at least 4 members (excludes halogenated alkanes) is 5. The Morgan fingerprint density at radius 3 is 2.15 bits per heavy atom. The summed E-state index contributed by atoms with van der Waals surface area (Å²) >= 11 is 6.07. The predicted octanol–water partition coefficient (Wildman–Crippen LogP) is 6.44. The zero-order valence-electron chi connectivity index (χ0n) is 13.6. The van der Waals surface area contributed by atoms with E-state index in [2.05, 4.69) is 25.8 Å². The number of rotatable bonds is 10. The van der Waals surface area contributed by atoms with Crippen molar-refractivity contribution in [3.8, 4) is 0 Å². The fourth-order valence-corrected chi connectivity index (χ4v) is 2.78. The topological polar surface area (TPSA) is 26.0 Å². The summed E-state index contributed by atoms with van der Waals surface area (Å²) in [5.41, 5.74) is 0.0418. The molecule has 1 rings (SSSR count). The first-order chi connectivity index (χ1) is 9.53. The third kappa shape index (κ3) is 5.12. The van der Waals surface area contributed by atoms with E-state index < -0.39 is 0 Å². The second kappa shape index (κ2) is 8.71. The Bertz CT molecular complexity index is 369. The van der Waals surface area contributed by atoms with Gasteiger partial charge in [0.2, 0.25) is 5.89 Å². The van der Waals surface area contributed by atoms with Crippen LogP contribution in [0.4, 0.5) is 0 Å². The first-order valence-electron chi connectivity index (χ1n) is 8.17. The second-order valence-electron chi connectivity index (χ2n) is 6.19. The van der Waals surface area contributed by atoms with Crippen LogP contribution in [0.25, 0.3) is 0 Å². The summed E-state index contributed by atoms with van der Waals surface area (Å²) in [6.07, 6.45) is 11.2. The van der Waals surface area contributed by atoms with E-state index in [4.69, 9.17) is 16.0 Å². The molecule has 20 heavy (non-hydrogen) atoms. The molecule has 0 aliphatic rings. The van der Waals surface area contributed by atoms with Gasteiger partial charge in [-0.25, -0.2) is 4.98 Å². The summed E-state index contributed by atoms with van der Waals surface area (Å²) in [5.74, 6) is 1.58. The quantitative estimate of drug-likeness (QED) is 0.464. The molecule has 0 radical (unpaired) electrons. The second-order valence-corrected chi connectivity index (χ2v) is 6.55. The van der Waals surface area contributed by atoms with E-state index in [0.717, 1.165) is 24.5 Å². The van der Waals surface area contributed by atoms with Crippen molar-refractivity contribution in [2.24, 2.45) is 0 Å². The molecular weight excluding hydrogens is 270 g/mol. The van der Waals surface area contributed by atoms with Crippen LogP contribution >= 0.6 is 11.6 Å². The molecule has 2 nitrogen and oxygen atoms in total. The summed E-state index contributed by atoms with van der Waals surface area (Å²) in [7, 11) is 0. The highest BCUT2D eigenvalue weighted by atomic mass is 35.5. The zero-order chi connectivity index (χ0) is 15.0. The molecular formula is C17H30ClNO. The van der Waals surface area contributed by atoms with Gasteiger partial charge in [0.1, 0.15) is 5.76 Å². The monoisotopic (exact) mass is 299 g/mol. The number of nitrogens with zero attached hydrogens (tertiary/aromatic N) is 1. The van der Waals surface area contributed by atoms with E-state index in [9.17, 15) is 0 Å². The first kappa shape index (κ1) is 17.6. The van der Waals surface area contributed by atoms with E-state index in [1.165, 1.54) is 44.9 Å². The van der Waals surface area contributed by atoms with E-state index in [1.54, 1.807) is 0 Å². The summed E-state index contributed by atoms with van der Waals surface area (Å²) in [4.78, 5) is 4.45. The Morgan fingerprint density at radius 2 is 1.60 bits per heavy atom. The number of aromatic nitrogens is 1. The van der Waals surface area contributed by atoms with Gasteiger partial charge in [-0.1, -0.05) is 77.3 Å². The van der Waals surface area contributed by atoms with Crippen LogP contribution in [0, 0.1) is 6.92 Å². The largest absolute Gasteiger partial charge is 0.444 e. The smallest absolute Gasteiger partial charge is 0.201 e. The molecule has 3 heteroatoms. The van der Waals surface area contributed by atoms with Crippen LogP contribution in [-0.4, -0.2) is 4.98 Å². The lowest BCUT2D eigenvalue weighted by molar-refractivity contribution is 0.284. The van der Waals surface area contributed by atoms with Gasteiger partial charge in [0.15, 0.2) is 5.15 Å². The average Bonchev–Trinajstić information content (AvgIpc) is 2.77. The van der Waals surface area contributed by atoms with E-state index in [1.807, 2.05) is 6.92 Å². The van der Waals surface area contributed by atoms with Crippen molar-refractivity contribution in [2.45, 2.75) is 90.9 Å². The summed E-state index contributed by atoms with van der Waals surface area (Å²) < 4.78 is 5.81. The maximum atomic E-state index is 6.07. The number of oxazole rings is 1. The lowest BCUT2D eigenvalue weighted by Crippen LogP contribution is -2.22. The third-order valence-corrected chi connectivity index (χ3v) is 4.52. The molecule has 1 aromatic rings. The molecule has 0 aromatic carbocycles. The van der Waals surface area contributed by atoms with Crippen LogP contribution in [0.1, 0.15) is 90.2 Å². The number of hydrogen-bond donors (Lipinski definition) is 0. The standard InChI is InChI=1S/C17H30ClNO/c1-5-7-9-10-11-13-17(4,12-8-6-2)16-19-15(18)14(3)20-16/h5-13H2,1-4H3. The molecule has 1 unspecified atom stereocenters. The van der Waals surface area contributed by atoms with E-state index in [-0.39, 0.29) is 5.41 Å². The Morgan fingerprint density at radius 1 is 1.00 bits per heavy atom. The van der Waals surface area contributed by atoms with Crippen molar-refractivity contribution in [2.75, 3.05) is 0 Å². The van der Waals surface area contributed by atoms with Gasteiger partial charge in [0.05, 0.1) is 0 Å². The van der Waals surface area contributed by atoms with Gasteiger partial charge in [-0.15, -0.1) is 0 Å². The molecule has 1 heterocycles. The van der Waals surface area contributed by atoms with Crippen molar-refractivity contribution in [1.82, 2.24) is 4.98 Å². The molecule has 0 amide bonds. The Balaban J connectivity index is 2.65. The Hall–Kier alpha value is -0.500. The summed E-state index contributed by atoms with van der Waals surface area (Å²) in [5, 5.41) is 0.522. The molecule has 0 aliphatic heterocycles. The molecule has 116 valence electrons. The predicted molar refractivity (Wildman–Crippen MR) is 86.5 cm³/mol. The normalized spacial score (nSPS) is 14.4. The van der Waals surface area contributed by atoms with Crippen LogP contribution < -0.4 is 0 Å². The lowest BCUT2D eigenvalue weighted by Gasteiger charge is -2.26. The number of halogens is 1. The van der Waals surface area contributed by atoms with Crippen molar-refractivity contribution >= 4 is 11.6 Å². The van der Waals surface area contributed by atoms with Crippen molar-refractivity contribution in [3.63, 3.8) is 0 Å². The number of hydrogen-bond acceptors (Lipinski definition) is 2. The first-order valence-corrected chi connectivity index (χ1v) is 8.54. The highest BCUT2D eigenvalue weighted by Gasteiger charge is 2.31. The highest BCUT2D eigenvalue weighted by Crippen LogP contribution is 2.36. The molecule has 1 atom stereocenters. The Kier molecular flexibility index (Phi) is 7.65. The fraction of sp³-hybridized carbons (Fsp3) is 0.824. The molecule has 0 aliphatic carbocycles. The number of aryl methyl sites for hydroxylation is 1. The molecule has 0 saturated carbocycles. The minimum atomic E-state index is 0.0418. The van der Waals surface area contributed by atoms with Gasteiger partial charge in [-0.2, -0.15) is 0 Å². The maximum Gasteiger partial charge on any atom is 0.201 e. The summed E-state index contributed by atoms with van der Waals surface area (Å²) in [6.45, 7) is 8.66. The molecule has 1 aromatic heterocycles. The van der Waals surface area contributed by atoms with Gasteiger partial charge in [0.25, 0.3) is 0 Å². The average molecular weight is 300 g/mol. The van der Waals surface area contributed by atoms with Crippen LogP contribution in [0.2, 0.25) is 5.15 Å². The molecule has 0 saturated heterocycles. The van der Waals surface area contributed by atoms with Gasteiger partial charge in [0, 0.05) is 5.41 Å². The Labute approximate surface area is 129 Å². The van der Waals surface area contributed by atoms with Gasteiger partial charge >= 0.3 is 0 Å². The minimum absolute atomic E-state index is 0.0418. The molecule has 0 spiro atoms. The van der Waals surface area contributed by atoms with Crippen molar-refractivity contribution < 1.29 is 4.42 Å². The highest BCUT2D eigenvalue weighted by molar-refractivity contribution is 6.29. The van der Waals surface area contributed by atoms with Gasteiger partial charge in [-0.05, 0) is 19.8 Å². The van der Waals surface area contributed by atoms with E-state index in [0.29, 0.717) is 5.15 Å². The summed E-state index contributed by atoms with van der Waals surface area (Å²) in [6, 6.07) is 0. The van der Waals surface area contributed by atoms with Gasteiger partial charge in [-0.3, -0.25) is 0 Å². The molecule has 0 fully saturated rings. The van der Waals surface area contributed by atoms with Gasteiger partial charge < -0.3 is 4.42 Å². The maximum absolute atomic E-state index is 6.07. The van der Waals surface area contributed by atoms with Crippen LogP contribution in [0.5, 0.6) is 0 Å². The van der Waals surface area contributed by atoms with Crippen LogP contribution in [0.3, 0.4) is 0 Å². The van der Waals surface area contributed by atoms with Crippen molar-refractivity contribution in [1.29, 1.82) is 0 Å². The lowest BCUT2D eigenvalue weighted by atomic mass is 9.80. The molecule has 0 bridgehead atoms. The van der Waals surface area contributed by atoms with Crippen LogP contribution in [0.15, 0.2) is 4.42 Å². The fourth-order valence-electron chi connectivity index (χ4n) is 2.66. The van der Waals surface area contributed by atoms with Crippen molar-refractivity contribution in [3.05, 3.63) is 16.8 Å².